The summed E-state index contributed by atoms with van der Waals surface area (Å²) in [6.45, 7) is 3.59. The molecule has 0 aliphatic heterocycles. The number of nitrogens with zero attached hydrogens (tertiary/aromatic N) is 2. The summed E-state index contributed by atoms with van der Waals surface area (Å²) in [5.41, 5.74) is 1.27. The lowest BCUT2D eigenvalue weighted by atomic mass is 10.1. The Morgan fingerprint density at radius 3 is 2.65 bits per heavy atom. The number of imidazole rings is 1. The number of carboxylic acids is 1. The van der Waals surface area contributed by atoms with Crippen molar-refractivity contribution in [2.45, 2.75) is 58.5 Å². The Hall–Kier alpha value is -2.10. The van der Waals surface area contributed by atoms with E-state index in [1.54, 1.807) is 0 Å². The molecule has 1 aromatic carbocycles. The first-order valence-corrected chi connectivity index (χ1v) is 8.54. The lowest BCUT2D eigenvalue weighted by molar-refractivity contribution is -0.695. The molecule has 2 aromatic rings. The molecule has 2 rings (SSSR count). The SMILES string of the molecule is CCCCCCc1n(CCC(=O)O)cc[n+]1Cc1ccccc1. The van der Waals surface area contributed by atoms with Crippen molar-refractivity contribution in [1.29, 1.82) is 0 Å². The van der Waals surface area contributed by atoms with Crippen LogP contribution in [0.2, 0.25) is 0 Å². The monoisotopic (exact) mass is 315 g/mol. The molecule has 23 heavy (non-hydrogen) atoms. The van der Waals surface area contributed by atoms with Crippen LogP contribution in [0.4, 0.5) is 0 Å². The van der Waals surface area contributed by atoms with Gasteiger partial charge in [-0.05, 0) is 12.0 Å². The number of carbonyl (C=O) groups is 1. The summed E-state index contributed by atoms with van der Waals surface area (Å²) in [5.74, 6) is 0.483. The van der Waals surface area contributed by atoms with Crippen molar-refractivity contribution in [2.75, 3.05) is 0 Å². The van der Waals surface area contributed by atoms with Crippen molar-refractivity contribution >= 4 is 5.97 Å². The molecule has 0 aliphatic carbocycles. The predicted molar refractivity (Wildman–Crippen MR) is 90.3 cm³/mol. The van der Waals surface area contributed by atoms with Crippen molar-refractivity contribution in [3.63, 3.8) is 0 Å². The highest BCUT2D eigenvalue weighted by Crippen LogP contribution is 2.08. The zero-order chi connectivity index (χ0) is 16.5. The van der Waals surface area contributed by atoms with E-state index in [0.717, 1.165) is 19.4 Å². The van der Waals surface area contributed by atoms with E-state index < -0.39 is 5.97 Å². The molecule has 0 bridgehead atoms. The summed E-state index contributed by atoms with van der Waals surface area (Å²) in [4.78, 5) is 10.9. The summed E-state index contributed by atoms with van der Waals surface area (Å²) in [5, 5.41) is 8.93. The topological polar surface area (TPSA) is 46.1 Å². The van der Waals surface area contributed by atoms with E-state index in [0.29, 0.717) is 6.54 Å². The van der Waals surface area contributed by atoms with Crippen LogP contribution < -0.4 is 4.57 Å². The van der Waals surface area contributed by atoms with E-state index in [4.69, 9.17) is 5.11 Å². The molecule has 1 aromatic heterocycles. The normalized spacial score (nSPS) is 10.8. The second-order valence-corrected chi connectivity index (χ2v) is 5.98. The number of aliphatic carboxylic acids is 1. The Morgan fingerprint density at radius 1 is 1.17 bits per heavy atom. The third-order valence-electron chi connectivity index (χ3n) is 4.11. The van der Waals surface area contributed by atoms with Gasteiger partial charge in [-0.15, -0.1) is 0 Å². The van der Waals surface area contributed by atoms with Gasteiger partial charge in [0, 0.05) is 6.42 Å². The molecule has 1 heterocycles. The van der Waals surface area contributed by atoms with Gasteiger partial charge in [-0.1, -0.05) is 56.5 Å². The maximum Gasteiger partial charge on any atom is 0.307 e. The number of unbranched alkanes of at least 4 members (excludes halogenated alkanes) is 3. The lowest BCUT2D eigenvalue weighted by Gasteiger charge is -2.05. The van der Waals surface area contributed by atoms with Gasteiger partial charge in [0.15, 0.2) is 0 Å². The third kappa shape index (κ3) is 5.55. The van der Waals surface area contributed by atoms with Gasteiger partial charge in [0.2, 0.25) is 0 Å². The molecule has 1 N–H and O–H groups in total. The minimum Gasteiger partial charge on any atom is -0.481 e. The molecule has 0 unspecified atom stereocenters. The summed E-state index contributed by atoms with van der Waals surface area (Å²) < 4.78 is 4.35. The Labute approximate surface area is 138 Å². The summed E-state index contributed by atoms with van der Waals surface area (Å²) in [6, 6.07) is 10.4. The van der Waals surface area contributed by atoms with Crippen molar-refractivity contribution < 1.29 is 14.5 Å². The quantitative estimate of drug-likeness (QED) is 0.539. The Kier molecular flexibility index (Phi) is 6.85. The van der Waals surface area contributed by atoms with E-state index in [1.165, 1.54) is 30.7 Å². The third-order valence-corrected chi connectivity index (χ3v) is 4.11. The number of benzene rings is 1. The van der Waals surface area contributed by atoms with E-state index in [1.807, 2.05) is 12.3 Å². The smallest absolute Gasteiger partial charge is 0.307 e. The van der Waals surface area contributed by atoms with Crippen molar-refractivity contribution in [2.24, 2.45) is 0 Å². The highest BCUT2D eigenvalue weighted by atomic mass is 16.4. The molecular weight excluding hydrogens is 288 g/mol. The number of hydrogen-bond donors (Lipinski definition) is 1. The van der Waals surface area contributed by atoms with E-state index in [-0.39, 0.29) is 6.42 Å². The first-order valence-electron chi connectivity index (χ1n) is 8.54. The lowest BCUT2D eigenvalue weighted by Crippen LogP contribution is -2.38. The number of hydrogen-bond acceptors (Lipinski definition) is 1. The van der Waals surface area contributed by atoms with Crippen LogP contribution >= 0.6 is 0 Å². The van der Waals surface area contributed by atoms with E-state index in [2.05, 4.69) is 46.5 Å². The molecule has 124 valence electrons. The summed E-state index contributed by atoms with van der Waals surface area (Å²) >= 11 is 0. The summed E-state index contributed by atoms with van der Waals surface area (Å²) in [6.07, 6.45) is 10.1. The maximum atomic E-state index is 10.9. The zero-order valence-electron chi connectivity index (χ0n) is 13.9. The first kappa shape index (κ1) is 17.3. The molecule has 0 aliphatic rings. The first-order chi connectivity index (χ1) is 11.2. The van der Waals surface area contributed by atoms with E-state index >= 15 is 0 Å². The maximum absolute atomic E-state index is 10.9. The predicted octanol–water partition coefficient (Wildman–Crippen LogP) is 3.42. The fourth-order valence-corrected chi connectivity index (χ4v) is 2.84. The van der Waals surface area contributed by atoms with Crippen molar-refractivity contribution in [3.8, 4) is 0 Å². The molecule has 0 amide bonds. The average molecular weight is 315 g/mol. The molecule has 0 radical (unpaired) electrons. The van der Waals surface area contributed by atoms with Crippen LogP contribution in [-0.4, -0.2) is 15.6 Å². The van der Waals surface area contributed by atoms with Crippen molar-refractivity contribution in [3.05, 3.63) is 54.1 Å². The van der Waals surface area contributed by atoms with Gasteiger partial charge in [0.1, 0.15) is 25.5 Å². The van der Waals surface area contributed by atoms with Crippen LogP contribution in [0.3, 0.4) is 0 Å². The Balaban J connectivity index is 2.10. The van der Waals surface area contributed by atoms with Crippen molar-refractivity contribution in [1.82, 2.24) is 4.57 Å². The standard InChI is InChI=1S/C19H26N2O2/c1-2-3-4-8-11-18-20(13-12-19(22)23)14-15-21(18)16-17-9-6-5-7-10-17/h5-7,9-10,14-15H,2-4,8,11-13,16H2,1H3/p+1. The largest absolute Gasteiger partial charge is 0.481 e. The van der Waals surface area contributed by atoms with Crippen LogP contribution in [0.15, 0.2) is 42.7 Å². The summed E-state index contributed by atoms with van der Waals surface area (Å²) in [7, 11) is 0. The minimum atomic E-state index is -0.745. The van der Waals surface area contributed by atoms with E-state index in [9.17, 15) is 4.79 Å². The minimum absolute atomic E-state index is 0.169. The molecule has 0 spiro atoms. The number of carboxylic acid groups (broad SMARTS) is 1. The van der Waals surface area contributed by atoms with Gasteiger partial charge < -0.3 is 5.11 Å². The van der Waals surface area contributed by atoms with Crippen LogP contribution in [0.25, 0.3) is 0 Å². The van der Waals surface area contributed by atoms with Crippen LogP contribution in [0.5, 0.6) is 0 Å². The zero-order valence-corrected chi connectivity index (χ0v) is 13.9. The van der Waals surface area contributed by atoms with Gasteiger partial charge in [-0.3, -0.25) is 4.79 Å². The molecule has 4 heteroatoms. The highest BCUT2D eigenvalue weighted by Gasteiger charge is 2.17. The Bertz CT molecular complexity index is 605. The fraction of sp³-hybridized carbons (Fsp3) is 0.474. The molecule has 0 saturated carbocycles. The molecule has 0 atom stereocenters. The van der Waals surface area contributed by atoms with Gasteiger partial charge >= 0.3 is 5.97 Å². The van der Waals surface area contributed by atoms with Crippen LogP contribution in [0, 0.1) is 0 Å². The van der Waals surface area contributed by atoms with Crippen LogP contribution in [-0.2, 0) is 24.3 Å². The molecular formula is C19H27N2O2+. The van der Waals surface area contributed by atoms with Crippen LogP contribution in [0.1, 0.15) is 50.4 Å². The fourth-order valence-electron chi connectivity index (χ4n) is 2.84. The molecule has 0 saturated heterocycles. The number of aryl methyl sites for hydroxylation is 1. The number of aromatic nitrogens is 2. The highest BCUT2D eigenvalue weighted by molar-refractivity contribution is 5.66. The Morgan fingerprint density at radius 2 is 1.96 bits per heavy atom. The molecule has 4 nitrogen and oxygen atoms in total. The van der Waals surface area contributed by atoms with Gasteiger partial charge in [-0.2, -0.15) is 0 Å². The second-order valence-electron chi connectivity index (χ2n) is 5.98. The van der Waals surface area contributed by atoms with Gasteiger partial charge in [0.25, 0.3) is 5.82 Å². The molecule has 0 fully saturated rings. The average Bonchev–Trinajstić information content (AvgIpc) is 2.92. The van der Waals surface area contributed by atoms with Gasteiger partial charge in [0.05, 0.1) is 6.42 Å². The number of rotatable bonds is 10. The van der Waals surface area contributed by atoms with Gasteiger partial charge in [-0.25, -0.2) is 9.13 Å². The second kappa shape index (κ2) is 9.13.